The third-order valence-corrected chi connectivity index (χ3v) is 3.30. The Labute approximate surface area is 116 Å². The molecule has 0 spiro atoms. The highest BCUT2D eigenvalue weighted by atomic mass is 16.2. The summed E-state index contributed by atoms with van der Waals surface area (Å²) in [5.74, 6) is -0.390. The van der Waals surface area contributed by atoms with E-state index in [1.165, 1.54) is 0 Å². The molecule has 1 N–H and O–H groups in total. The number of allylic oxidation sites excluding steroid dienone is 1. The minimum absolute atomic E-state index is 0.152. The Bertz CT molecular complexity index is 727. The van der Waals surface area contributed by atoms with Crippen LogP contribution in [0.3, 0.4) is 0 Å². The number of carbonyl (C=O) groups excluding carboxylic acids is 2. The predicted octanol–water partition coefficient (Wildman–Crippen LogP) is 2.96. The third kappa shape index (κ3) is 2.14. The second-order valence-corrected chi connectivity index (χ2v) is 4.80. The Morgan fingerprint density at radius 1 is 0.900 bits per heavy atom. The molecule has 98 valence electrons. The maximum atomic E-state index is 12.4. The van der Waals surface area contributed by atoms with Crippen molar-refractivity contribution < 1.29 is 9.59 Å². The highest BCUT2D eigenvalue weighted by molar-refractivity contribution is 6.22. The molecule has 1 amide bonds. The molecule has 0 aromatic heterocycles. The molecule has 0 saturated heterocycles. The Morgan fingerprint density at radius 3 is 2.25 bits per heavy atom. The van der Waals surface area contributed by atoms with Gasteiger partial charge in [-0.2, -0.15) is 0 Å². The number of hydrogen-bond acceptors (Lipinski definition) is 2. The van der Waals surface area contributed by atoms with Gasteiger partial charge in [0, 0.05) is 5.56 Å². The molecule has 0 bridgehead atoms. The van der Waals surface area contributed by atoms with Crippen molar-refractivity contribution in [2.75, 3.05) is 0 Å². The van der Waals surface area contributed by atoms with Crippen molar-refractivity contribution in [3.63, 3.8) is 0 Å². The molecular weight excluding hydrogens is 250 g/mol. The van der Waals surface area contributed by atoms with Gasteiger partial charge in [-0.3, -0.25) is 9.59 Å². The number of fused-ring (bicyclic) bond motifs is 1. The standard InChI is InChI=1S/C17H13NO2/c1-11-6-8-12(9-7-11)10-15-16(19)13-4-2-3-5-14(13)17(20)18-15/h2-10H,1H3,(H,18,20)/b15-10+. The molecular formula is C17H13NO2. The monoisotopic (exact) mass is 263 g/mol. The van der Waals surface area contributed by atoms with Crippen molar-refractivity contribution in [3.8, 4) is 0 Å². The predicted molar refractivity (Wildman–Crippen MR) is 77.4 cm³/mol. The fourth-order valence-corrected chi connectivity index (χ4v) is 2.20. The van der Waals surface area contributed by atoms with Crippen LogP contribution in [0.1, 0.15) is 31.8 Å². The number of aryl methyl sites for hydroxylation is 1. The molecule has 2 aromatic rings. The van der Waals surface area contributed by atoms with Crippen LogP contribution in [0.5, 0.6) is 0 Å². The van der Waals surface area contributed by atoms with Gasteiger partial charge in [-0.25, -0.2) is 0 Å². The molecule has 1 heterocycles. The average Bonchev–Trinajstić information content (AvgIpc) is 2.47. The Hall–Kier alpha value is -2.68. The van der Waals surface area contributed by atoms with Gasteiger partial charge in [-0.1, -0.05) is 48.0 Å². The molecule has 3 rings (SSSR count). The van der Waals surface area contributed by atoms with E-state index < -0.39 is 0 Å². The summed E-state index contributed by atoms with van der Waals surface area (Å²) >= 11 is 0. The van der Waals surface area contributed by atoms with Gasteiger partial charge in [-0.15, -0.1) is 0 Å². The lowest BCUT2D eigenvalue weighted by molar-refractivity contribution is 0.0910. The lowest BCUT2D eigenvalue weighted by Gasteiger charge is -2.17. The molecule has 1 aliphatic rings. The van der Waals surface area contributed by atoms with Crippen LogP contribution in [0.15, 0.2) is 54.2 Å². The van der Waals surface area contributed by atoms with E-state index in [1.807, 2.05) is 31.2 Å². The summed E-state index contributed by atoms with van der Waals surface area (Å²) in [6.45, 7) is 2.00. The number of amides is 1. The summed E-state index contributed by atoms with van der Waals surface area (Å²) in [4.78, 5) is 24.3. The van der Waals surface area contributed by atoms with E-state index in [2.05, 4.69) is 5.32 Å². The second-order valence-electron chi connectivity index (χ2n) is 4.80. The van der Waals surface area contributed by atoms with Crippen LogP contribution in [-0.4, -0.2) is 11.7 Å². The largest absolute Gasteiger partial charge is 0.319 e. The van der Waals surface area contributed by atoms with Crippen LogP contribution in [0, 0.1) is 6.92 Å². The summed E-state index contributed by atoms with van der Waals surface area (Å²) in [7, 11) is 0. The number of hydrogen-bond donors (Lipinski definition) is 1. The topological polar surface area (TPSA) is 46.2 Å². The molecule has 0 aliphatic carbocycles. The number of Topliss-reactive ketones (excluding diaryl/α,β-unsaturated/α-hetero) is 1. The number of carbonyl (C=O) groups is 2. The summed E-state index contributed by atoms with van der Waals surface area (Å²) in [6.07, 6.45) is 1.70. The Kier molecular flexibility index (Phi) is 2.95. The van der Waals surface area contributed by atoms with Crippen molar-refractivity contribution in [2.45, 2.75) is 6.92 Å². The van der Waals surface area contributed by atoms with E-state index in [1.54, 1.807) is 30.3 Å². The smallest absolute Gasteiger partial charge is 0.256 e. The summed E-state index contributed by atoms with van der Waals surface area (Å²) in [6, 6.07) is 14.6. The molecule has 0 radical (unpaired) electrons. The van der Waals surface area contributed by atoms with E-state index in [0.717, 1.165) is 11.1 Å². The minimum Gasteiger partial charge on any atom is -0.319 e. The van der Waals surface area contributed by atoms with Gasteiger partial charge >= 0.3 is 0 Å². The van der Waals surface area contributed by atoms with Crippen molar-refractivity contribution in [1.29, 1.82) is 0 Å². The van der Waals surface area contributed by atoms with Crippen molar-refractivity contribution in [3.05, 3.63) is 76.5 Å². The SMILES string of the molecule is Cc1ccc(/C=C2/NC(=O)c3ccccc3C2=O)cc1. The van der Waals surface area contributed by atoms with Gasteiger partial charge in [-0.05, 0) is 24.6 Å². The zero-order valence-electron chi connectivity index (χ0n) is 11.0. The van der Waals surface area contributed by atoms with Crippen LogP contribution in [0.2, 0.25) is 0 Å². The Balaban J connectivity index is 2.03. The van der Waals surface area contributed by atoms with Gasteiger partial charge in [0.1, 0.15) is 0 Å². The van der Waals surface area contributed by atoms with Crippen LogP contribution < -0.4 is 5.32 Å². The van der Waals surface area contributed by atoms with E-state index in [4.69, 9.17) is 0 Å². The molecule has 0 fully saturated rings. The van der Waals surface area contributed by atoms with Gasteiger partial charge in [0.05, 0.1) is 11.3 Å². The molecule has 0 atom stereocenters. The van der Waals surface area contributed by atoms with Crippen LogP contribution in [-0.2, 0) is 0 Å². The molecule has 0 saturated carbocycles. The summed E-state index contributed by atoms with van der Waals surface area (Å²) in [5.41, 5.74) is 3.24. The van der Waals surface area contributed by atoms with Gasteiger partial charge in [0.15, 0.2) is 0 Å². The van der Waals surface area contributed by atoms with Gasteiger partial charge in [0.25, 0.3) is 5.91 Å². The van der Waals surface area contributed by atoms with Crippen molar-refractivity contribution in [1.82, 2.24) is 5.32 Å². The molecule has 3 heteroatoms. The normalized spacial score (nSPS) is 15.9. The van der Waals surface area contributed by atoms with Gasteiger partial charge < -0.3 is 5.32 Å². The molecule has 20 heavy (non-hydrogen) atoms. The zero-order valence-corrected chi connectivity index (χ0v) is 11.0. The number of benzene rings is 2. The number of nitrogens with one attached hydrogen (secondary N) is 1. The summed E-state index contributed by atoms with van der Waals surface area (Å²) < 4.78 is 0. The molecule has 3 nitrogen and oxygen atoms in total. The lowest BCUT2D eigenvalue weighted by atomic mass is 9.96. The first-order chi connectivity index (χ1) is 9.65. The first kappa shape index (κ1) is 12.4. The van der Waals surface area contributed by atoms with Crippen molar-refractivity contribution in [2.24, 2.45) is 0 Å². The molecule has 0 unspecified atom stereocenters. The fraction of sp³-hybridized carbons (Fsp3) is 0.0588. The third-order valence-electron chi connectivity index (χ3n) is 3.30. The first-order valence-corrected chi connectivity index (χ1v) is 6.38. The highest BCUT2D eigenvalue weighted by Crippen LogP contribution is 2.20. The molecule has 1 aliphatic heterocycles. The number of ketones is 1. The maximum Gasteiger partial charge on any atom is 0.256 e. The van der Waals surface area contributed by atoms with Crippen molar-refractivity contribution >= 4 is 17.8 Å². The van der Waals surface area contributed by atoms with E-state index in [0.29, 0.717) is 16.8 Å². The second kappa shape index (κ2) is 4.78. The van der Waals surface area contributed by atoms with Crippen LogP contribution >= 0.6 is 0 Å². The van der Waals surface area contributed by atoms with Gasteiger partial charge in [0.2, 0.25) is 5.78 Å². The van der Waals surface area contributed by atoms with E-state index >= 15 is 0 Å². The highest BCUT2D eigenvalue weighted by Gasteiger charge is 2.26. The minimum atomic E-state index is -0.237. The lowest BCUT2D eigenvalue weighted by Crippen LogP contribution is -2.34. The van der Waals surface area contributed by atoms with E-state index in [-0.39, 0.29) is 11.7 Å². The quantitative estimate of drug-likeness (QED) is 0.804. The zero-order chi connectivity index (χ0) is 14.1. The molecule has 2 aromatic carbocycles. The average molecular weight is 263 g/mol. The summed E-state index contributed by atoms with van der Waals surface area (Å²) in [5, 5.41) is 2.66. The Morgan fingerprint density at radius 2 is 1.55 bits per heavy atom. The fourth-order valence-electron chi connectivity index (χ4n) is 2.20. The van der Waals surface area contributed by atoms with E-state index in [9.17, 15) is 9.59 Å². The van der Waals surface area contributed by atoms with Crippen LogP contribution in [0.4, 0.5) is 0 Å². The first-order valence-electron chi connectivity index (χ1n) is 6.38. The maximum absolute atomic E-state index is 12.4. The van der Waals surface area contributed by atoms with Crippen LogP contribution in [0.25, 0.3) is 6.08 Å². The number of rotatable bonds is 1.